The number of carboxylic acid groups (broad SMARTS) is 1. The maximum absolute atomic E-state index is 11.9. The van der Waals surface area contributed by atoms with E-state index >= 15 is 0 Å². The molecule has 0 saturated carbocycles. The van der Waals surface area contributed by atoms with Crippen molar-refractivity contribution in [2.75, 3.05) is 6.54 Å². The number of likely N-dealkylation sites (tertiary alicyclic amines) is 1. The van der Waals surface area contributed by atoms with Gasteiger partial charge in [-0.1, -0.05) is 23.7 Å². The van der Waals surface area contributed by atoms with Gasteiger partial charge in [0.1, 0.15) is 11.5 Å². The summed E-state index contributed by atoms with van der Waals surface area (Å²) >= 11 is 6.17. The van der Waals surface area contributed by atoms with Crippen molar-refractivity contribution in [1.82, 2.24) is 4.90 Å². The number of halogens is 1. The second-order valence-corrected chi connectivity index (χ2v) is 7.01. The fourth-order valence-electron chi connectivity index (χ4n) is 3.07. The quantitative estimate of drug-likeness (QED) is 0.853. The van der Waals surface area contributed by atoms with E-state index in [1.54, 1.807) is 4.90 Å². The van der Waals surface area contributed by atoms with Crippen LogP contribution in [0, 0.1) is 19.8 Å². The van der Waals surface area contributed by atoms with E-state index in [2.05, 4.69) is 0 Å². The molecular weight excluding hydrogens is 354 g/mol. The number of hydrogen-bond acceptors (Lipinski definition) is 3. The van der Waals surface area contributed by atoms with Crippen LogP contribution in [0.2, 0.25) is 5.02 Å². The summed E-state index contributed by atoms with van der Waals surface area (Å²) in [4.78, 5) is 24.5. The second kappa shape index (κ2) is 7.38. The van der Waals surface area contributed by atoms with Crippen molar-refractivity contribution in [3.63, 3.8) is 0 Å². The van der Waals surface area contributed by atoms with Crippen molar-refractivity contribution in [2.45, 2.75) is 26.8 Å². The number of ether oxygens (including phenoxy) is 1. The van der Waals surface area contributed by atoms with Crippen molar-refractivity contribution < 1.29 is 19.4 Å². The molecule has 1 N–H and O–H groups in total. The van der Waals surface area contributed by atoms with Gasteiger partial charge in [-0.3, -0.25) is 9.59 Å². The molecule has 2 aromatic carbocycles. The zero-order chi connectivity index (χ0) is 18.8. The molecule has 1 aliphatic rings. The van der Waals surface area contributed by atoms with Gasteiger partial charge in [-0.25, -0.2) is 0 Å². The zero-order valence-electron chi connectivity index (χ0n) is 14.7. The minimum atomic E-state index is -0.918. The van der Waals surface area contributed by atoms with Gasteiger partial charge < -0.3 is 14.7 Å². The van der Waals surface area contributed by atoms with Crippen LogP contribution >= 0.6 is 11.6 Å². The molecule has 0 bridgehead atoms. The molecule has 1 fully saturated rings. The number of nitrogens with zero attached hydrogens (tertiary/aromatic N) is 1. The molecule has 3 rings (SSSR count). The standard InChI is InChI=1S/C20H20ClNO4/c1-12-7-17(8-13(2)19(12)21)26-16-5-3-14(4-6-16)10-22-11-15(20(24)25)9-18(22)23/h3-8,15H,9-11H2,1-2H3,(H,24,25). The van der Waals surface area contributed by atoms with Gasteiger partial charge in [0.25, 0.3) is 0 Å². The molecule has 26 heavy (non-hydrogen) atoms. The van der Waals surface area contributed by atoms with Gasteiger partial charge in [0.05, 0.1) is 5.92 Å². The number of amides is 1. The lowest BCUT2D eigenvalue weighted by molar-refractivity contribution is -0.141. The first-order chi connectivity index (χ1) is 12.3. The van der Waals surface area contributed by atoms with Crippen LogP contribution in [0.15, 0.2) is 36.4 Å². The van der Waals surface area contributed by atoms with Gasteiger partial charge in [-0.2, -0.15) is 0 Å². The predicted octanol–water partition coefficient (Wildman–Crippen LogP) is 4.18. The lowest BCUT2D eigenvalue weighted by Gasteiger charge is -2.16. The molecular formula is C20H20ClNO4. The van der Waals surface area contributed by atoms with Crippen LogP contribution in [0.3, 0.4) is 0 Å². The first-order valence-electron chi connectivity index (χ1n) is 8.37. The lowest BCUT2D eigenvalue weighted by Crippen LogP contribution is -2.25. The number of aliphatic carboxylic acids is 1. The molecule has 0 radical (unpaired) electrons. The van der Waals surface area contributed by atoms with E-state index in [1.165, 1.54) is 0 Å². The Kier molecular flexibility index (Phi) is 5.18. The summed E-state index contributed by atoms with van der Waals surface area (Å²) in [6.07, 6.45) is 0.0752. The van der Waals surface area contributed by atoms with E-state index in [-0.39, 0.29) is 18.9 Å². The second-order valence-electron chi connectivity index (χ2n) is 6.63. The fraction of sp³-hybridized carbons (Fsp3) is 0.300. The first kappa shape index (κ1) is 18.3. The van der Waals surface area contributed by atoms with Gasteiger partial charge in [-0.15, -0.1) is 0 Å². The number of carboxylic acids is 1. The third kappa shape index (κ3) is 3.99. The van der Waals surface area contributed by atoms with E-state index in [0.717, 1.165) is 27.5 Å². The summed E-state index contributed by atoms with van der Waals surface area (Å²) in [5, 5.41) is 9.78. The predicted molar refractivity (Wildman–Crippen MR) is 98.6 cm³/mol. The van der Waals surface area contributed by atoms with Crippen LogP contribution in [0.1, 0.15) is 23.1 Å². The highest BCUT2D eigenvalue weighted by Crippen LogP contribution is 2.29. The molecule has 1 unspecified atom stereocenters. The third-order valence-electron chi connectivity index (χ3n) is 4.51. The third-order valence-corrected chi connectivity index (χ3v) is 5.10. The normalized spacial score (nSPS) is 16.8. The molecule has 1 atom stereocenters. The van der Waals surface area contributed by atoms with Crippen molar-refractivity contribution in [3.8, 4) is 11.5 Å². The number of hydrogen-bond donors (Lipinski definition) is 1. The lowest BCUT2D eigenvalue weighted by atomic mass is 10.1. The summed E-state index contributed by atoms with van der Waals surface area (Å²) in [5.74, 6) is -0.244. The van der Waals surface area contributed by atoms with Gasteiger partial charge >= 0.3 is 5.97 Å². The molecule has 1 amide bonds. The highest BCUT2D eigenvalue weighted by Gasteiger charge is 2.33. The Morgan fingerprint density at radius 1 is 1.19 bits per heavy atom. The summed E-state index contributed by atoms with van der Waals surface area (Å²) in [6.45, 7) is 4.53. The largest absolute Gasteiger partial charge is 0.481 e. The molecule has 1 heterocycles. The van der Waals surface area contributed by atoms with Gasteiger partial charge in [0.2, 0.25) is 5.91 Å². The summed E-state index contributed by atoms with van der Waals surface area (Å²) in [7, 11) is 0. The Labute approximate surface area is 157 Å². The van der Waals surface area contributed by atoms with Crippen molar-refractivity contribution in [1.29, 1.82) is 0 Å². The Balaban J connectivity index is 1.66. The molecule has 0 spiro atoms. The fourth-order valence-corrected chi connectivity index (χ4v) is 3.18. The molecule has 136 valence electrons. The number of aryl methyl sites for hydroxylation is 2. The summed E-state index contributed by atoms with van der Waals surface area (Å²) in [6, 6.07) is 11.2. The zero-order valence-corrected chi connectivity index (χ0v) is 15.4. The van der Waals surface area contributed by atoms with Gasteiger partial charge in [0, 0.05) is 24.5 Å². The molecule has 1 aliphatic heterocycles. The van der Waals surface area contributed by atoms with E-state index in [1.807, 2.05) is 50.2 Å². The SMILES string of the molecule is Cc1cc(Oc2ccc(CN3CC(C(=O)O)CC3=O)cc2)cc(C)c1Cl. The smallest absolute Gasteiger partial charge is 0.308 e. The Morgan fingerprint density at radius 2 is 1.81 bits per heavy atom. The average Bonchev–Trinajstić information content (AvgIpc) is 2.95. The monoisotopic (exact) mass is 373 g/mol. The van der Waals surface area contributed by atoms with Crippen LogP contribution in [0.5, 0.6) is 11.5 Å². The molecule has 2 aromatic rings. The van der Waals surface area contributed by atoms with Gasteiger partial charge in [0.15, 0.2) is 0 Å². The maximum Gasteiger partial charge on any atom is 0.308 e. The molecule has 6 heteroatoms. The van der Waals surface area contributed by atoms with Crippen molar-refractivity contribution in [2.24, 2.45) is 5.92 Å². The van der Waals surface area contributed by atoms with Crippen molar-refractivity contribution >= 4 is 23.5 Å². The van der Waals surface area contributed by atoms with Crippen LogP contribution in [0.4, 0.5) is 0 Å². The number of carbonyl (C=O) groups excluding carboxylic acids is 1. The molecule has 1 saturated heterocycles. The first-order valence-corrected chi connectivity index (χ1v) is 8.75. The average molecular weight is 374 g/mol. The highest BCUT2D eigenvalue weighted by molar-refractivity contribution is 6.32. The Hall–Kier alpha value is -2.53. The van der Waals surface area contributed by atoms with Gasteiger partial charge in [-0.05, 0) is 54.8 Å². The van der Waals surface area contributed by atoms with Crippen LogP contribution < -0.4 is 4.74 Å². The minimum Gasteiger partial charge on any atom is -0.481 e. The topological polar surface area (TPSA) is 66.8 Å². The van der Waals surface area contributed by atoms with Crippen LogP contribution in [-0.2, 0) is 16.1 Å². The molecule has 0 aliphatic carbocycles. The Bertz CT molecular complexity index is 824. The summed E-state index contributed by atoms with van der Waals surface area (Å²) < 4.78 is 5.87. The van der Waals surface area contributed by atoms with E-state index in [4.69, 9.17) is 21.4 Å². The number of rotatable bonds is 5. The molecule has 0 aromatic heterocycles. The van der Waals surface area contributed by atoms with Crippen molar-refractivity contribution in [3.05, 3.63) is 58.1 Å². The molecule has 5 nitrogen and oxygen atoms in total. The van der Waals surface area contributed by atoms with E-state index in [9.17, 15) is 9.59 Å². The van der Waals surface area contributed by atoms with E-state index < -0.39 is 11.9 Å². The van der Waals surface area contributed by atoms with Crippen LogP contribution in [0.25, 0.3) is 0 Å². The highest BCUT2D eigenvalue weighted by atomic mass is 35.5. The Morgan fingerprint density at radius 3 is 2.35 bits per heavy atom. The summed E-state index contributed by atoms with van der Waals surface area (Å²) in [5.41, 5.74) is 2.85. The number of carbonyl (C=O) groups is 2. The van der Waals surface area contributed by atoms with E-state index in [0.29, 0.717) is 12.3 Å². The van der Waals surface area contributed by atoms with Crippen LogP contribution in [-0.4, -0.2) is 28.4 Å². The minimum absolute atomic E-state index is 0.0752. The number of benzene rings is 2. The maximum atomic E-state index is 11.9.